The third kappa shape index (κ3) is 2.74. The maximum absolute atomic E-state index is 12.2. The van der Waals surface area contributed by atoms with E-state index in [1.54, 1.807) is 7.11 Å². The number of nitrogens with zero attached hydrogens (tertiary/aromatic N) is 1. The van der Waals surface area contributed by atoms with Crippen molar-refractivity contribution in [3.8, 4) is 0 Å². The van der Waals surface area contributed by atoms with Gasteiger partial charge < -0.3 is 15.0 Å². The van der Waals surface area contributed by atoms with Gasteiger partial charge >= 0.3 is 0 Å². The lowest BCUT2D eigenvalue weighted by Gasteiger charge is -2.34. The van der Waals surface area contributed by atoms with Gasteiger partial charge in [0.15, 0.2) is 0 Å². The number of carbonyl (C=O) groups excluding carboxylic acids is 1. The molecule has 0 radical (unpaired) electrons. The first kappa shape index (κ1) is 11.9. The van der Waals surface area contributed by atoms with Gasteiger partial charge in [-0.15, -0.1) is 0 Å². The Kier molecular flexibility index (Phi) is 4.18. The van der Waals surface area contributed by atoms with Crippen LogP contribution in [0.15, 0.2) is 0 Å². The lowest BCUT2D eigenvalue weighted by atomic mass is 9.98. The van der Waals surface area contributed by atoms with Crippen molar-refractivity contribution in [1.82, 2.24) is 10.2 Å². The molecule has 0 aliphatic carbocycles. The van der Waals surface area contributed by atoms with E-state index in [1.807, 2.05) is 4.90 Å². The highest BCUT2D eigenvalue weighted by atomic mass is 16.5. The predicted octanol–water partition coefficient (Wildman–Crippen LogP) is 0.623. The highest BCUT2D eigenvalue weighted by molar-refractivity contribution is 5.82. The standard InChI is InChI=1S/C12H22N2O2/c1-16-9-10-4-3-7-14(8-10)12(15)11-5-2-6-13-11/h10-11,13H,2-9H2,1H3/t10-,11+/m1/s1. The summed E-state index contributed by atoms with van der Waals surface area (Å²) in [6, 6.07) is 0.0845. The van der Waals surface area contributed by atoms with Crippen LogP contribution in [-0.2, 0) is 9.53 Å². The Morgan fingerprint density at radius 2 is 2.31 bits per heavy atom. The average Bonchev–Trinajstić information content (AvgIpc) is 2.82. The second-order valence-corrected chi connectivity index (χ2v) is 4.90. The molecule has 4 heteroatoms. The Morgan fingerprint density at radius 1 is 1.44 bits per heavy atom. The number of nitrogens with one attached hydrogen (secondary N) is 1. The molecule has 0 bridgehead atoms. The molecule has 0 aromatic heterocycles. The molecule has 2 aliphatic rings. The summed E-state index contributed by atoms with van der Waals surface area (Å²) in [4.78, 5) is 14.2. The van der Waals surface area contributed by atoms with E-state index >= 15 is 0 Å². The maximum atomic E-state index is 12.2. The number of rotatable bonds is 3. The van der Waals surface area contributed by atoms with Gasteiger partial charge in [0.05, 0.1) is 12.6 Å². The summed E-state index contributed by atoms with van der Waals surface area (Å²) in [7, 11) is 1.74. The van der Waals surface area contributed by atoms with Gasteiger partial charge in [0.2, 0.25) is 5.91 Å². The number of hydrogen-bond donors (Lipinski definition) is 1. The van der Waals surface area contributed by atoms with Crippen LogP contribution in [0.4, 0.5) is 0 Å². The van der Waals surface area contributed by atoms with Crippen LogP contribution < -0.4 is 5.32 Å². The minimum Gasteiger partial charge on any atom is -0.384 e. The van der Waals surface area contributed by atoms with Crippen molar-refractivity contribution in [2.24, 2.45) is 5.92 Å². The molecule has 2 aliphatic heterocycles. The number of methoxy groups -OCH3 is 1. The van der Waals surface area contributed by atoms with Crippen molar-refractivity contribution in [3.63, 3.8) is 0 Å². The third-order valence-electron chi connectivity index (χ3n) is 3.59. The summed E-state index contributed by atoms with van der Waals surface area (Å²) in [6.45, 7) is 3.58. The van der Waals surface area contributed by atoms with E-state index in [0.717, 1.165) is 45.5 Å². The molecular formula is C12H22N2O2. The normalized spacial score (nSPS) is 30.7. The maximum Gasteiger partial charge on any atom is 0.239 e. The van der Waals surface area contributed by atoms with Crippen LogP contribution >= 0.6 is 0 Å². The number of carbonyl (C=O) groups is 1. The summed E-state index contributed by atoms with van der Waals surface area (Å²) in [5.41, 5.74) is 0. The number of piperidine rings is 1. The summed E-state index contributed by atoms with van der Waals surface area (Å²) in [5, 5.41) is 3.28. The largest absolute Gasteiger partial charge is 0.384 e. The molecule has 1 amide bonds. The molecule has 0 aromatic carbocycles. The van der Waals surface area contributed by atoms with Crippen molar-refractivity contribution in [2.45, 2.75) is 31.7 Å². The Bertz CT molecular complexity index is 237. The Hall–Kier alpha value is -0.610. The number of ether oxygens (including phenoxy) is 1. The number of amides is 1. The molecule has 2 heterocycles. The molecule has 92 valence electrons. The van der Waals surface area contributed by atoms with E-state index in [-0.39, 0.29) is 6.04 Å². The van der Waals surface area contributed by atoms with Crippen molar-refractivity contribution in [2.75, 3.05) is 33.4 Å². The molecule has 0 unspecified atom stereocenters. The van der Waals surface area contributed by atoms with Crippen LogP contribution in [0.25, 0.3) is 0 Å². The third-order valence-corrected chi connectivity index (χ3v) is 3.59. The van der Waals surface area contributed by atoms with Gasteiger partial charge in [-0.3, -0.25) is 4.79 Å². The average molecular weight is 226 g/mol. The minimum absolute atomic E-state index is 0.0845. The van der Waals surface area contributed by atoms with Crippen LogP contribution in [0.5, 0.6) is 0 Å². The van der Waals surface area contributed by atoms with Gasteiger partial charge in [-0.1, -0.05) is 0 Å². The fourth-order valence-electron chi connectivity index (χ4n) is 2.75. The Morgan fingerprint density at radius 3 is 3.00 bits per heavy atom. The van der Waals surface area contributed by atoms with E-state index in [9.17, 15) is 4.79 Å². The van der Waals surface area contributed by atoms with E-state index in [1.165, 1.54) is 6.42 Å². The van der Waals surface area contributed by atoms with Crippen molar-refractivity contribution >= 4 is 5.91 Å². The van der Waals surface area contributed by atoms with Crippen LogP contribution in [0.1, 0.15) is 25.7 Å². The number of likely N-dealkylation sites (tertiary alicyclic amines) is 1. The number of hydrogen-bond acceptors (Lipinski definition) is 3. The molecule has 1 N–H and O–H groups in total. The highest BCUT2D eigenvalue weighted by Crippen LogP contribution is 2.19. The topological polar surface area (TPSA) is 41.6 Å². The van der Waals surface area contributed by atoms with Crippen LogP contribution in [-0.4, -0.2) is 50.2 Å². The van der Waals surface area contributed by atoms with Gasteiger partial charge in [-0.25, -0.2) is 0 Å². The zero-order valence-electron chi connectivity index (χ0n) is 10.1. The summed E-state index contributed by atoms with van der Waals surface area (Å²) < 4.78 is 5.18. The molecule has 16 heavy (non-hydrogen) atoms. The summed E-state index contributed by atoms with van der Waals surface area (Å²) >= 11 is 0. The van der Waals surface area contributed by atoms with Crippen LogP contribution in [0, 0.1) is 5.92 Å². The monoisotopic (exact) mass is 226 g/mol. The lowest BCUT2D eigenvalue weighted by Crippen LogP contribution is -2.48. The Labute approximate surface area is 97.3 Å². The van der Waals surface area contributed by atoms with E-state index in [0.29, 0.717) is 11.8 Å². The van der Waals surface area contributed by atoms with E-state index in [2.05, 4.69) is 5.32 Å². The van der Waals surface area contributed by atoms with Gasteiger partial charge in [0.25, 0.3) is 0 Å². The second-order valence-electron chi connectivity index (χ2n) is 4.90. The van der Waals surface area contributed by atoms with Crippen molar-refractivity contribution in [1.29, 1.82) is 0 Å². The van der Waals surface area contributed by atoms with E-state index in [4.69, 9.17) is 4.74 Å². The molecule has 0 saturated carbocycles. The Balaban J connectivity index is 1.85. The first-order chi connectivity index (χ1) is 7.81. The summed E-state index contributed by atoms with van der Waals surface area (Å²) in [6.07, 6.45) is 4.44. The molecule has 2 fully saturated rings. The smallest absolute Gasteiger partial charge is 0.239 e. The van der Waals surface area contributed by atoms with Gasteiger partial charge in [-0.05, 0) is 38.1 Å². The van der Waals surface area contributed by atoms with Gasteiger partial charge in [0.1, 0.15) is 0 Å². The highest BCUT2D eigenvalue weighted by Gasteiger charge is 2.30. The van der Waals surface area contributed by atoms with Crippen LogP contribution in [0.2, 0.25) is 0 Å². The van der Waals surface area contributed by atoms with Crippen molar-refractivity contribution in [3.05, 3.63) is 0 Å². The lowest BCUT2D eigenvalue weighted by molar-refractivity contribution is -0.135. The molecular weight excluding hydrogens is 204 g/mol. The zero-order valence-corrected chi connectivity index (χ0v) is 10.1. The quantitative estimate of drug-likeness (QED) is 0.767. The van der Waals surface area contributed by atoms with Gasteiger partial charge in [0, 0.05) is 20.2 Å². The fourth-order valence-corrected chi connectivity index (χ4v) is 2.75. The predicted molar refractivity (Wildman–Crippen MR) is 62.2 cm³/mol. The minimum atomic E-state index is 0.0845. The molecule has 2 rings (SSSR count). The first-order valence-electron chi connectivity index (χ1n) is 6.32. The van der Waals surface area contributed by atoms with Crippen LogP contribution in [0.3, 0.4) is 0 Å². The molecule has 4 nitrogen and oxygen atoms in total. The first-order valence-corrected chi connectivity index (χ1v) is 6.32. The van der Waals surface area contributed by atoms with Crippen molar-refractivity contribution < 1.29 is 9.53 Å². The molecule has 0 aromatic rings. The zero-order chi connectivity index (χ0) is 11.4. The molecule has 2 atom stereocenters. The van der Waals surface area contributed by atoms with E-state index < -0.39 is 0 Å². The fraction of sp³-hybridized carbons (Fsp3) is 0.917. The molecule has 0 spiro atoms. The molecule has 2 saturated heterocycles. The summed E-state index contributed by atoms with van der Waals surface area (Å²) in [5.74, 6) is 0.836. The SMILES string of the molecule is COC[C@@H]1CCCN(C(=O)[C@@H]2CCCN2)C1. The second kappa shape index (κ2) is 5.64. The van der Waals surface area contributed by atoms with Gasteiger partial charge in [-0.2, -0.15) is 0 Å².